The predicted molar refractivity (Wildman–Crippen MR) is 114 cm³/mol. The van der Waals surface area contributed by atoms with Crippen molar-refractivity contribution in [3.8, 4) is 0 Å². The number of aromatic nitrogens is 2. The number of hydrogen-bond acceptors (Lipinski definition) is 7. The number of ether oxygens (including phenoxy) is 1. The smallest absolute Gasteiger partial charge is 0.233 e. The first kappa shape index (κ1) is 19.4. The maximum Gasteiger partial charge on any atom is 0.233 e. The molecule has 2 aliphatic heterocycles. The van der Waals surface area contributed by atoms with Crippen LogP contribution in [-0.4, -0.2) is 59.1 Å². The highest BCUT2D eigenvalue weighted by molar-refractivity contribution is 8.01. The van der Waals surface area contributed by atoms with Gasteiger partial charge >= 0.3 is 0 Å². The number of hydrogen-bond donors (Lipinski definition) is 1. The van der Waals surface area contributed by atoms with Crippen molar-refractivity contribution in [3.63, 3.8) is 0 Å². The summed E-state index contributed by atoms with van der Waals surface area (Å²) in [5, 5.41) is 12.4. The van der Waals surface area contributed by atoms with Crippen molar-refractivity contribution < 1.29 is 9.53 Å². The number of nitrogens with one attached hydrogen (secondary N) is 1. The van der Waals surface area contributed by atoms with Crippen molar-refractivity contribution in [2.45, 2.75) is 29.7 Å². The Morgan fingerprint density at radius 2 is 2.21 bits per heavy atom. The molecule has 1 N–H and O–H groups in total. The number of carbonyl (C=O) groups excluding carboxylic acids is 1. The molecule has 1 atom stereocenters. The number of anilines is 1. The first-order valence-corrected chi connectivity index (χ1v) is 11.4. The van der Waals surface area contributed by atoms with Crippen molar-refractivity contribution in [1.82, 2.24) is 15.1 Å². The Labute approximate surface area is 173 Å². The summed E-state index contributed by atoms with van der Waals surface area (Å²) in [6.07, 6.45) is 5.56. The summed E-state index contributed by atoms with van der Waals surface area (Å²) >= 11 is 2.95. The lowest BCUT2D eigenvalue weighted by Gasteiger charge is -2.26. The van der Waals surface area contributed by atoms with Gasteiger partial charge in [-0.1, -0.05) is 59.5 Å². The Hall–Kier alpha value is -1.90. The second kappa shape index (κ2) is 9.54. The van der Waals surface area contributed by atoms with Crippen LogP contribution in [0.1, 0.15) is 24.8 Å². The maximum atomic E-state index is 12.5. The van der Waals surface area contributed by atoms with Gasteiger partial charge in [0.05, 0.1) is 11.9 Å². The topological polar surface area (TPSA) is 67.3 Å². The van der Waals surface area contributed by atoms with Gasteiger partial charge in [0.2, 0.25) is 11.0 Å². The zero-order valence-corrected chi connectivity index (χ0v) is 17.3. The molecular weight excluding hydrogens is 392 g/mol. The number of benzene rings is 1. The third-order valence-electron chi connectivity index (χ3n) is 4.94. The molecule has 0 saturated carbocycles. The minimum atomic E-state index is 0.150. The Kier molecular flexibility index (Phi) is 6.61. The summed E-state index contributed by atoms with van der Waals surface area (Å²) in [7, 11) is 0. The van der Waals surface area contributed by atoms with Crippen LogP contribution in [0.15, 0.2) is 40.7 Å². The molecule has 0 bridgehead atoms. The van der Waals surface area contributed by atoms with Crippen LogP contribution in [-0.2, 0) is 9.53 Å². The van der Waals surface area contributed by atoms with Gasteiger partial charge < -0.3 is 15.0 Å². The molecule has 8 heteroatoms. The van der Waals surface area contributed by atoms with Gasteiger partial charge in [0, 0.05) is 26.2 Å². The fourth-order valence-electron chi connectivity index (χ4n) is 3.37. The second-order valence-electron chi connectivity index (χ2n) is 6.86. The molecule has 148 valence electrons. The van der Waals surface area contributed by atoms with E-state index in [9.17, 15) is 4.79 Å². The van der Waals surface area contributed by atoms with Crippen LogP contribution in [0.5, 0.6) is 0 Å². The molecule has 2 aromatic rings. The molecule has 0 spiro atoms. The molecule has 1 aromatic heterocycles. The van der Waals surface area contributed by atoms with Crippen LogP contribution in [0.4, 0.5) is 5.13 Å². The molecule has 4 rings (SSSR count). The fraction of sp³-hybridized carbons (Fsp3) is 0.450. The largest absolute Gasteiger partial charge is 0.376 e. The van der Waals surface area contributed by atoms with E-state index in [4.69, 9.17) is 4.74 Å². The number of rotatable bonds is 7. The van der Waals surface area contributed by atoms with E-state index < -0.39 is 0 Å². The molecule has 1 saturated heterocycles. The highest BCUT2D eigenvalue weighted by Crippen LogP contribution is 2.27. The minimum Gasteiger partial charge on any atom is -0.376 e. The van der Waals surface area contributed by atoms with Crippen LogP contribution in [0.2, 0.25) is 0 Å². The normalized spacial score (nSPS) is 19.5. The van der Waals surface area contributed by atoms with Gasteiger partial charge in [0.15, 0.2) is 4.34 Å². The number of amides is 1. The molecule has 0 unspecified atom stereocenters. The number of thioether (sulfide) groups is 1. The zero-order valence-electron chi connectivity index (χ0n) is 15.7. The average Bonchev–Trinajstić information content (AvgIpc) is 3.43. The highest BCUT2D eigenvalue weighted by Gasteiger charge is 2.19. The Morgan fingerprint density at radius 1 is 1.32 bits per heavy atom. The van der Waals surface area contributed by atoms with E-state index in [1.165, 1.54) is 34.2 Å². The molecule has 28 heavy (non-hydrogen) atoms. The lowest BCUT2D eigenvalue weighted by molar-refractivity contribution is -0.127. The van der Waals surface area contributed by atoms with E-state index >= 15 is 0 Å². The summed E-state index contributed by atoms with van der Waals surface area (Å²) in [5.41, 5.74) is 2.57. The van der Waals surface area contributed by atoms with Crippen molar-refractivity contribution in [2.75, 3.05) is 37.3 Å². The van der Waals surface area contributed by atoms with Crippen LogP contribution in [0.3, 0.4) is 0 Å². The van der Waals surface area contributed by atoms with Gasteiger partial charge in [-0.25, -0.2) is 0 Å². The lowest BCUT2D eigenvalue weighted by atomic mass is 10.00. The van der Waals surface area contributed by atoms with Crippen LogP contribution in [0.25, 0.3) is 5.57 Å². The van der Waals surface area contributed by atoms with Gasteiger partial charge in [0.25, 0.3) is 0 Å². The van der Waals surface area contributed by atoms with Gasteiger partial charge in [-0.3, -0.25) is 4.79 Å². The maximum absolute atomic E-state index is 12.5. The molecule has 1 aromatic carbocycles. The van der Waals surface area contributed by atoms with Gasteiger partial charge in [-0.15, -0.1) is 10.2 Å². The van der Waals surface area contributed by atoms with Crippen LogP contribution in [0, 0.1) is 0 Å². The van der Waals surface area contributed by atoms with E-state index in [1.54, 1.807) is 0 Å². The monoisotopic (exact) mass is 416 g/mol. The van der Waals surface area contributed by atoms with Gasteiger partial charge in [-0.05, 0) is 30.4 Å². The SMILES string of the molecule is O=C(CSc1nnc(NC[C@H]2CCCO2)s1)N1CC=C(c2ccccc2)CC1. The minimum absolute atomic E-state index is 0.150. The van der Waals surface area contributed by atoms with Gasteiger partial charge in [-0.2, -0.15) is 0 Å². The molecule has 0 aliphatic carbocycles. The van der Waals surface area contributed by atoms with Gasteiger partial charge in [0.1, 0.15) is 0 Å². The molecule has 2 aliphatic rings. The third kappa shape index (κ3) is 5.12. The Balaban J connectivity index is 1.22. The first-order valence-electron chi connectivity index (χ1n) is 9.62. The molecular formula is C20H24N4O2S2. The van der Waals surface area contributed by atoms with Crippen molar-refractivity contribution in [2.24, 2.45) is 0 Å². The third-order valence-corrected chi connectivity index (χ3v) is 6.94. The second-order valence-corrected chi connectivity index (χ2v) is 9.06. The summed E-state index contributed by atoms with van der Waals surface area (Å²) in [6.45, 7) is 3.06. The lowest BCUT2D eigenvalue weighted by Crippen LogP contribution is -2.35. The Bertz CT molecular complexity index is 819. The fourth-order valence-corrected chi connectivity index (χ4v) is 5.03. The average molecular weight is 417 g/mol. The molecule has 1 fully saturated rings. The van der Waals surface area contributed by atoms with E-state index in [0.29, 0.717) is 12.3 Å². The summed E-state index contributed by atoms with van der Waals surface area (Å²) in [6, 6.07) is 10.4. The summed E-state index contributed by atoms with van der Waals surface area (Å²) in [5.74, 6) is 0.548. The van der Waals surface area contributed by atoms with Crippen LogP contribution < -0.4 is 5.32 Å². The van der Waals surface area contributed by atoms with Crippen molar-refractivity contribution in [3.05, 3.63) is 42.0 Å². The quantitative estimate of drug-likeness (QED) is 0.697. The first-order chi connectivity index (χ1) is 13.8. The predicted octanol–water partition coefficient (Wildman–Crippen LogP) is 3.54. The summed E-state index contributed by atoms with van der Waals surface area (Å²) in [4.78, 5) is 14.4. The molecule has 3 heterocycles. The standard InChI is InChI=1S/C20H24N4O2S2/c25-18(24-10-8-16(9-11-24)15-5-2-1-3-6-15)14-27-20-23-22-19(28-20)21-13-17-7-4-12-26-17/h1-3,5-6,8,17H,4,7,9-14H2,(H,21,22)/t17-/m1/s1. The van der Waals surface area contributed by atoms with E-state index in [1.807, 2.05) is 11.0 Å². The Morgan fingerprint density at radius 3 is 2.96 bits per heavy atom. The molecule has 0 radical (unpaired) electrons. The zero-order chi connectivity index (χ0) is 19.2. The molecule has 1 amide bonds. The summed E-state index contributed by atoms with van der Waals surface area (Å²) < 4.78 is 6.42. The number of carbonyl (C=O) groups is 1. The number of nitrogens with zero attached hydrogens (tertiary/aromatic N) is 3. The van der Waals surface area contributed by atoms with E-state index in [-0.39, 0.29) is 12.0 Å². The molecule has 6 nitrogen and oxygen atoms in total. The van der Waals surface area contributed by atoms with E-state index in [0.717, 1.165) is 48.4 Å². The van der Waals surface area contributed by atoms with Crippen molar-refractivity contribution >= 4 is 39.7 Å². The van der Waals surface area contributed by atoms with Crippen LogP contribution >= 0.6 is 23.1 Å². The highest BCUT2D eigenvalue weighted by atomic mass is 32.2. The van der Waals surface area contributed by atoms with E-state index in [2.05, 4.69) is 45.9 Å². The van der Waals surface area contributed by atoms with Crippen molar-refractivity contribution in [1.29, 1.82) is 0 Å².